The number of benzene rings is 1. The standard InChI is InChI=1S/C18H28N2O3S/c1-5-16(6-2)18(21)19-9-11-20(12-10-19)24(22,23)17-13-14(3)7-8-15(17)4/h7-8,13,16H,5-6,9-12H2,1-4H3. The molecule has 1 aliphatic heterocycles. The van der Waals surface area contributed by atoms with Gasteiger partial charge in [-0.1, -0.05) is 26.0 Å². The number of aryl methyl sites for hydroxylation is 2. The van der Waals surface area contributed by atoms with Crippen molar-refractivity contribution in [3.8, 4) is 0 Å². The van der Waals surface area contributed by atoms with Crippen LogP contribution in [0.15, 0.2) is 23.1 Å². The van der Waals surface area contributed by atoms with Crippen LogP contribution in [-0.4, -0.2) is 49.7 Å². The Labute approximate surface area is 145 Å². The molecule has 0 saturated carbocycles. The molecule has 1 fully saturated rings. The van der Waals surface area contributed by atoms with Crippen LogP contribution in [0.3, 0.4) is 0 Å². The van der Waals surface area contributed by atoms with Gasteiger partial charge in [-0.3, -0.25) is 4.79 Å². The van der Waals surface area contributed by atoms with Gasteiger partial charge in [-0.15, -0.1) is 0 Å². The predicted octanol–water partition coefficient (Wildman–Crippen LogP) is 2.57. The van der Waals surface area contributed by atoms with Gasteiger partial charge in [-0.2, -0.15) is 4.31 Å². The van der Waals surface area contributed by atoms with E-state index in [4.69, 9.17) is 0 Å². The highest BCUT2D eigenvalue weighted by Gasteiger charge is 2.32. The van der Waals surface area contributed by atoms with Crippen molar-refractivity contribution >= 4 is 15.9 Å². The molecule has 1 amide bonds. The van der Waals surface area contributed by atoms with Gasteiger partial charge in [0.2, 0.25) is 15.9 Å². The summed E-state index contributed by atoms with van der Waals surface area (Å²) in [7, 11) is -3.50. The van der Waals surface area contributed by atoms with Gasteiger partial charge in [0.1, 0.15) is 0 Å². The minimum absolute atomic E-state index is 0.0483. The normalized spacial score (nSPS) is 16.6. The minimum Gasteiger partial charge on any atom is -0.340 e. The lowest BCUT2D eigenvalue weighted by atomic mass is 10.0. The maximum atomic E-state index is 12.9. The van der Waals surface area contributed by atoms with E-state index in [1.807, 2.05) is 44.7 Å². The third-order valence-electron chi connectivity index (χ3n) is 4.85. The predicted molar refractivity (Wildman–Crippen MR) is 95.3 cm³/mol. The highest BCUT2D eigenvalue weighted by atomic mass is 32.2. The molecule has 0 N–H and O–H groups in total. The molecule has 0 spiro atoms. The van der Waals surface area contributed by atoms with Crippen molar-refractivity contribution in [3.63, 3.8) is 0 Å². The Bertz CT molecular complexity index is 688. The van der Waals surface area contributed by atoms with Crippen molar-refractivity contribution in [3.05, 3.63) is 29.3 Å². The molecule has 0 aromatic heterocycles. The molecule has 2 rings (SSSR count). The first-order valence-corrected chi connectivity index (χ1v) is 10.1. The van der Waals surface area contributed by atoms with Gasteiger partial charge in [0, 0.05) is 32.1 Å². The third kappa shape index (κ3) is 3.81. The number of nitrogens with zero attached hydrogens (tertiary/aromatic N) is 2. The number of hydrogen-bond acceptors (Lipinski definition) is 3. The van der Waals surface area contributed by atoms with E-state index in [9.17, 15) is 13.2 Å². The molecule has 24 heavy (non-hydrogen) atoms. The van der Waals surface area contributed by atoms with Crippen LogP contribution in [-0.2, 0) is 14.8 Å². The van der Waals surface area contributed by atoms with Gasteiger partial charge in [-0.05, 0) is 43.9 Å². The first kappa shape index (κ1) is 18.9. The third-order valence-corrected chi connectivity index (χ3v) is 6.89. The molecule has 1 saturated heterocycles. The van der Waals surface area contributed by atoms with Crippen LogP contribution in [0.25, 0.3) is 0 Å². The van der Waals surface area contributed by atoms with Crippen molar-refractivity contribution in [2.45, 2.75) is 45.4 Å². The molecule has 1 aromatic carbocycles. The molecule has 6 heteroatoms. The number of carbonyl (C=O) groups excluding carboxylic acids is 1. The van der Waals surface area contributed by atoms with Gasteiger partial charge in [0.05, 0.1) is 4.90 Å². The zero-order chi connectivity index (χ0) is 17.9. The highest BCUT2D eigenvalue weighted by Crippen LogP contribution is 2.23. The first-order chi connectivity index (χ1) is 11.3. The Morgan fingerprint density at radius 1 is 1.08 bits per heavy atom. The molecular weight excluding hydrogens is 324 g/mol. The fourth-order valence-corrected chi connectivity index (χ4v) is 4.90. The topological polar surface area (TPSA) is 57.7 Å². The van der Waals surface area contributed by atoms with Crippen LogP contribution < -0.4 is 0 Å². The Kier molecular flexibility index (Phi) is 6.04. The lowest BCUT2D eigenvalue weighted by Crippen LogP contribution is -2.51. The fraction of sp³-hybridized carbons (Fsp3) is 0.611. The van der Waals surface area contributed by atoms with E-state index in [2.05, 4.69) is 0 Å². The number of rotatable bonds is 5. The average Bonchev–Trinajstić information content (AvgIpc) is 2.58. The van der Waals surface area contributed by atoms with E-state index in [1.165, 1.54) is 4.31 Å². The van der Waals surface area contributed by atoms with E-state index >= 15 is 0 Å². The molecule has 0 unspecified atom stereocenters. The summed E-state index contributed by atoms with van der Waals surface area (Å²) in [5.74, 6) is 0.205. The summed E-state index contributed by atoms with van der Waals surface area (Å²) in [6.07, 6.45) is 1.66. The summed E-state index contributed by atoms with van der Waals surface area (Å²) in [5.41, 5.74) is 1.69. The van der Waals surface area contributed by atoms with E-state index in [0.717, 1.165) is 24.0 Å². The van der Waals surface area contributed by atoms with E-state index < -0.39 is 10.0 Å². The van der Waals surface area contributed by atoms with Crippen LogP contribution in [0, 0.1) is 19.8 Å². The summed E-state index contributed by atoms with van der Waals surface area (Å²) in [5, 5.41) is 0. The van der Waals surface area contributed by atoms with E-state index in [0.29, 0.717) is 31.1 Å². The summed E-state index contributed by atoms with van der Waals surface area (Å²) < 4.78 is 27.3. The van der Waals surface area contributed by atoms with Gasteiger partial charge >= 0.3 is 0 Å². The van der Waals surface area contributed by atoms with Gasteiger partial charge in [-0.25, -0.2) is 8.42 Å². The number of amides is 1. The van der Waals surface area contributed by atoms with Crippen LogP contribution in [0.2, 0.25) is 0 Å². The largest absolute Gasteiger partial charge is 0.340 e. The maximum absolute atomic E-state index is 12.9. The van der Waals surface area contributed by atoms with E-state index in [-0.39, 0.29) is 11.8 Å². The van der Waals surface area contributed by atoms with Crippen LogP contribution in [0.5, 0.6) is 0 Å². The van der Waals surface area contributed by atoms with Gasteiger partial charge in [0.25, 0.3) is 0 Å². The molecule has 0 aliphatic carbocycles. The minimum atomic E-state index is -3.50. The Morgan fingerprint density at radius 3 is 2.21 bits per heavy atom. The molecule has 1 aliphatic rings. The fourth-order valence-electron chi connectivity index (χ4n) is 3.17. The SMILES string of the molecule is CCC(CC)C(=O)N1CCN(S(=O)(=O)c2cc(C)ccc2C)CC1. The van der Waals surface area contributed by atoms with Crippen molar-refractivity contribution in [2.75, 3.05) is 26.2 Å². The average molecular weight is 353 g/mol. The van der Waals surface area contributed by atoms with Crippen LogP contribution in [0.1, 0.15) is 37.8 Å². The summed E-state index contributed by atoms with van der Waals surface area (Å²) in [4.78, 5) is 14.6. The second kappa shape index (κ2) is 7.66. The Morgan fingerprint density at radius 2 is 1.67 bits per heavy atom. The lowest BCUT2D eigenvalue weighted by molar-refractivity contribution is -0.136. The smallest absolute Gasteiger partial charge is 0.243 e. The Hall–Kier alpha value is -1.40. The summed E-state index contributed by atoms with van der Waals surface area (Å²) >= 11 is 0. The zero-order valence-corrected chi connectivity index (χ0v) is 15.9. The van der Waals surface area contributed by atoms with Gasteiger partial charge < -0.3 is 4.90 Å². The lowest BCUT2D eigenvalue weighted by Gasteiger charge is -2.35. The van der Waals surface area contributed by atoms with Crippen molar-refractivity contribution in [1.29, 1.82) is 0 Å². The Balaban J connectivity index is 2.11. The molecule has 0 bridgehead atoms. The second-order valence-electron chi connectivity index (χ2n) is 6.51. The second-order valence-corrected chi connectivity index (χ2v) is 8.42. The van der Waals surface area contributed by atoms with Crippen LogP contribution >= 0.6 is 0 Å². The zero-order valence-electron chi connectivity index (χ0n) is 15.1. The molecule has 0 atom stereocenters. The molecule has 5 nitrogen and oxygen atoms in total. The van der Waals surface area contributed by atoms with E-state index in [1.54, 1.807) is 6.07 Å². The molecule has 1 heterocycles. The van der Waals surface area contributed by atoms with Crippen molar-refractivity contribution in [2.24, 2.45) is 5.92 Å². The van der Waals surface area contributed by atoms with Crippen LogP contribution in [0.4, 0.5) is 0 Å². The molecule has 1 aromatic rings. The molecular formula is C18H28N2O3S. The van der Waals surface area contributed by atoms with Crippen molar-refractivity contribution in [1.82, 2.24) is 9.21 Å². The number of hydrogen-bond donors (Lipinski definition) is 0. The monoisotopic (exact) mass is 352 g/mol. The number of sulfonamides is 1. The van der Waals surface area contributed by atoms with Gasteiger partial charge in [0.15, 0.2) is 0 Å². The highest BCUT2D eigenvalue weighted by molar-refractivity contribution is 7.89. The molecule has 134 valence electrons. The first-order valence-electron chi connectivity index (χ1n) is 8.67. The summed E-state index contributed by atoms with van der Waals surface area (Å²) in [6.45, 7) is 9.42. The summed E-state index contributed by atoms with van der Waals surface area (Å²) in [6, 6.07) is 5.49. The maximum Gasteiger partial charge on any atom is 0.243 e. The number of carbonyl (C=O) groups is 1. The molecule has 0 radical (unpaired) electrons. The number of piperazine rings is 1. The van der Waals surface area contributed by atoms with Crippen molar-refractivity contribution < 1.29 is 13.2 Å². The quantitative estimate of drug-likeness (QED) is 0.818.